The van der Waals surface area contributed by atoms with Gasteiger partial charge in [-0.2, -0.15) is 0 Å². The Morgan fingerprint density at radius 1 is 1.12 bits per heavy atom. The Kier molecular flexibility index (Phi) is 6.82. The number of benzene rings is 1. The molecule has 0 atom stereocenters. The number of nitrogens with zero attached hydrogens (tertiary/aromatic N) is 1. The van der Waals surface area contributed by atoms with E-state index in [1.165, 1.54) is 19.3 Å². The van der Waals surface area contributed by atoms with Gasteiger partial charge in [0.15, 0.2) is 0 Å². The predicted octanol–water partition coefficient (Wildman–Crippen LogP) is 3.32. The monoisotopic (exact) mass is 374 g/mol. The van der Waals surface area contributed by atoms with Gasteiger partial charge in [0.1, 0.15) is 5.01 Å². The highest BCUT2D eigenvalue weighted by Crippen LogP contribution is 2.21. The third kappa shape index (κ3) is 5.69. The summed E-state index contributed by atoms with van der Waals surface area (Å²) in [7, 11) is 0. The van der Waals surface area contributed by atoms with Crippen LogP contribution in [0, 0.1) is 0 Å². The van der Waals surface area contributed by atoms with Crippen molar-refractivity contribution in [3.63, 3.8) is 0 Å². The number of carbonyl (C=O) groups excluding carboxylic acids is 2. The molecule has 1 aliphatic rings. The van der Waals surface area contributed by atoms with Gasteiger partial charge in [-0.05, 0) is 31.4 Å². The summed E-state index contributed by atoms with van der Waals surface area (Å²) in [5, 5.41) is 9.65. The quantitative estimate of drug-likeness (QED) is 0.650. The smallest absolute Gasteiger partial charge is 0.315 e. The third-order valence-electron chi connectivity index (χ3n) is 4.58. The first-order valence-corrected chi connectivity index (χ1v) is 10.2. The van der Waals surface area contributed by atoms with Gasteiger partial charge in [-0.25, -0.2) is 9.78 Å². The molecule has 6 nitrogen and oxygen atoms in total. The van der Waals surface area contributed by atoms with Crippen molar-refractivity contribution >= 4 is 33.5 Å². The molecule has 0 bridgehead atoms. The summed E-state index contributed by atoms with van der Waals surface area (Å²) in [5.74, 6) is -0.0151. The standard InChI is InChI=1S/C19H26N4O2S/c24-17(21-13-18-23-15-9-4-5-10-16(15)26-18)11-6-12-20-19(25)22-14-7-2-1-3-8-14/h4-5,9-10,14H,1-3,6-8,11-13H2,(H,21,24)(H2,20,22,25). The van der Waals surface area contributed by atoms with Crippen molar-refractivity contribution in [2.75, 3.05) is 6.54 Å². The number of para-hydroxylation sites is 1. The minimum Gasteiger partial charge on any atom is -0.350 e. The summed E-state index contributed by atoms with van der Waals surface area (Å²) in [4.78, 5) is 28.3. The highest BCUT2D eigenvalue weighted by atomic mass is 32.1. The molecule has 2 aromatic rings. The molecule has 0 radical (unpaired) electrons. The first kappa shape index (κ1) is 18.6. The maximum atomic E-state index is 11.9. The van der Waals surface area contributed by atoms with Crippen LogP contribution >= 0.6 is 11.3 Å². The Bertz CT molecular complexity index is 707. The largest absolute Gasteiger partial charge is 0.350 e. The number of aromatic nitrogens is 1. The zero-order valence-electron chi connectivity index (χ0n) is 14.9. The van der Waals surface area contributed by atoms with Crippen LogP contribution < -0.4 is 16.0 Å². The molecular formula is C19H26N4O2S. The molecule has 7 heteroatoms. The Balaban J connectivity index is 1.28. The van der Waals surface area contributed by atoms with Crippen LogP contribution in [0.2, 0.25) is 0 Å². The summed E-state index contributed by atoms with van der Waals surface area (Å²) >= 11 is 1.60. The lowest BCUT2D eigenvalue weighted by molar-refractivity contribution is -0.121. The maximum Gasteiger partial charge on any atom is 0.315 e. The SMILES string of the molecule is O=C(CCCNC(=O)NC1CCCCC1)NCc1nc2ccccc2s1. The first-order valence-electron chi connectivity index (χ1n) is 9.36. The van der Waals surface area contributed by atoms with Gasteiger partial charge in [-0.1, -0.05) is 31.4 Å². The van der Waals surface area contributed by atoms with Crippen LogP contribution in [0.3, 0.4) is 0 Å². The van der Waals surface area contributed by atoms with Crippen molar-refractivity contribution < 1.29 is 9.59 Å². The molecule has 1 fully saturated rings. The second-order valence-corrected chi connectivity index (χ2v) is 7.81. The molecule has 1 aromatic carbocycles. The number of amides is 3. The van der Waals surface area contributed by atoms with Gasteiger partial charge in [0.05, 0.1) is 16.8 Å². The van der Waals surface area contributed by atoms with E-state index in [1.807, 2.05) is 24.3 Å². The average molecular weight is 375 g/mol. The summed E-state index contributed by atoms with van der Waals surface area (Å²) in [6.07, 6.45) is 6.83. The number of fused-ring (bicyclic) bond motifs is 1. The first-order chi connectivity index (χ1) is 12.7. The second-order valence-electron chi connectivity index (χ2n) is 6.69. The normalized spacial score (nSPS) is 14.9. The Morgan fingerprint density at radius 3 is 2.73 bits per heavy atom. The third-order valence-corrected chi connectivity index (χ3v) is 5.62. The van der Waals surface area contributed by atoms with Crippen molar-refractivity contribution in [2.24, 2.45) is 0 Å². The molecule has 1 aromatic heterocycles. The number of nitrogens with one attached hydrogen (secondary N) is 3. The number of urea groups is 1. The molecule has 0 spiro atoms. The van der Waals surface area contributed by atoms with Gasteiger partial charge in [0.2, 0.25) is 5.91 Å². The van der Waals surface area contributed by atoms with Crippen molar-refractivity contribution in [3.05, 3.63) is 29.3 Å². The minimum absolute atomic E-state index is 0.0151. The number of carbonyl (C=O) groups is 2. The molecule has 1 heterocycles. The fourth-order valence-corrected chi connectivity index (χ4v) is 4.10. The van der Waals surface area contributed by atoms with E-state index in [9.17, 15) is 9.59 Å². The number of rotatable bonds is 7. The van der Waals surface area contributed by atoms with Crippen LogP contribution in [0.1, 0.15) is 50.0 Å². The predicted molar refractivity (Wildman–Crippen MR) is 104 cm³/mol. The van der Waals surface area contributed by atoms with Crippen LogP contribution in [0.25, 0.3) is 10.2 Å². The van der Waals surface area contributed by atoms with E-state index in [4.69, 9.17) is 0 Å². The van der Waals surface area contributed by atoms with Gasteiger partial charge in [0.25, 0.3) is 0 Å². The Labute approximate surface area is 157 Å². The fraction of sp³-hybridized carbons (Fsp3) is 0.526. The van der Waals surface area contributed by atoms with E-state index in [0.29, 0.717) is 32.0 Å². The topological polar surface area (TPSA) is 83.1 Å². The van der Waals surface area contributed by atoms with Crippen molar-refractivity contribution in [1.82, 2.24) is 20.9 Å². The van der Waals surface area contributed by atoms with Crippen LogP contribution in [-0.4, -0.2) is 29.5 Å². The zero-order chi connectivity index (χ0) is 18.2. The van der Waals surface area contributed by atoms with E-state index in [-0.39, 0.29) is 11.9 Å². The van der Waals surface area contributed by atoms with Crippen molar-refractivity contribution in [3.8, 4) is 0 Å². The van der Waals surface area contributed by atoms with E-state index in [2.05, 4.69) is 20.9 Å². The summed E-state index contributed by atoms with van der Waals surface area (Å²) in [5.41, 5.74) is 0.968. The minimum atomic E-state index is -0.119. The van der Waals surface area contributed by atoms with Gasteiger partial charge < -0.3 is 16.0 Å². The number of hydrogen-bond donors (Lipinski definition) is 3. The number of hydrogen-bond acceptors (Lipinski definition) is 4. The molecule has 0 saturated heterocycles. The summed E-state index contributed by atoms with van der Waals surface area (Å²) < 4.78 is 1.13. The average Bonchev–Trinajstić information content (AvgIpc) is 3.07. The molecule has 3 rings (SSSR count). The van der Waals surface area contributed by atoms with E-state index >= 15 is 0 Å². The zero-order valence-corrected chi connectivity index (χ0v) is 15.7. The number of thiazole rings is 1. The van der Waals surface area contributed by atoms with Gasteiger partial charge >= 0.3 is 6.03 Å². The van der Waals surface area contributed by atoms with Crippen molar-refractivity contribution in [1.29, 1.82) is 0 Å². The van der Waals surface area contributed by atoms with Crippen LogP contribution in [0.5, 0.6) is 0 Å². The van der Waals surface area contributed by atoms with E-state index in [0.717, 1.165) is 28.1 Å². The lowest BCUT2D eigenvalue weighted by Crippen LogP contribution is -2.43. The lowest BCUT2D eigenvalue weighted by atomic mass is 9.96. The van der Waals surface area contributed by atoms with Crippen molar-refractivity contribution in [2.45, 2.75) is 57.5 Å². The van der Waals surface area contributed by atoms with E-state index < -0.39 is 0 Å². The van der Waals surface area contributed by atoms with Crippen LogP contribution in [0.15, 0.2) is 24.3 Å². The summed E-state index contributed by atoms with van der Waals surface area (Å²) in [6.45, 7) is 0.959. The summed E-state index contributed by atoms with van der Waals surface area (Å²) in [6, 6.07) is 8.14. The highest BCUT2D eigenvalue weighted by molar-refractivity contribution is 7.18. The van der Waals surface area contributed by atoms with Crippen LogP contribution in [0.4, 0.5) is 4.79 Å². The molecule has 0 aliphatic heterocycles. The maximum absolute atomic E-state index is 11.9. The molecule has 1 saturated carbocycles. The van der Waals surface area contributed by atoms with Gasteiger partial charge in [-0.3, -0.25) is 4.79 Å². The second kappa shape index (κ2) is 9.52. The molecule has 140 valence electrons. The molecule has 0 unspecified atom stereocenters. The van der Waals surface area contributed by atoms with Gasteiger partial charge in [-0.15, -0.1) is 11.3 Å². The molecule has 3 amide bonds. The molecule has 26 heavy (non-hydrogen) atoms. The molecule has 1 aliphatic carbocycles. The fourth-order valence-electron chi connectivity index (χ4n) is 3.19. The van der Waals surface area contributed by atoms with Gasteiger partial charge in [0, 0.05) is 19.0 Å². The van der Waals surface area contributed by atoms with E-state index in [1.54, 1.807) is 11.3 Å². The molecule has 3 N–H and O–H groups in total. The molecular weight excluding hydrogens is 348 g/mol. The Hall–Kier alpha value is -2.15. The highest BCUT2D eigenvalue weighted by Gasteiger charge is 2.15. The Morgan fingerprint density at radius 2 is 1.92 bits per heavy atom. The lowest BCUT2D eigenvalue weighted by Gasteiger charge is -2.22. The van der Waals surface area contributed by atoms with Crippen LogP contribution in [-0.2, 0) is 11.3 Å².